The molecule has 0 atom stereocenters. The maximum atomic E-state index is 5.30. The monoisotopic (exact) mass is 361 g/mol. The third-order valence-corrected chi connectivity index (χ3v) is 4.12. The minimum absolute atomic E-state index is 0.418. The fourth-order valence-corrected chi connectivity index (χ4v) is 2.70. The molecule has 0 unspecified atom stereocenters. The highest BCUT2D eigenvalue weighted by molar-refractivity contribution is 7.71. The first-order valence-corrected chi connectivity index (χ1v) is 8.37. The summed E-state index contributed by atoms with van der Waals surface area (Å²) in [5.41, 5.74) is 3.64. The first-order valence-electron chi connectivity index (χ1n) is 7.96. The van der Waals surface area contributed by atoms with Crippen LogP contribution in [-0.2, 0) is 0 Å². The summed E-state index contributed by atoms with van der Waals surface area (Å²) in [5.74, 6) is 0.627. The molecule has 0 bridgehead atoms. The van der Waals surface area contributed by atoms with Crippen molar-refractivity contribution in [2.45, 2.75) is 6.92 Å². The van der Waals surface area contributed by atoms with Crippen molar-refractivity contribution < 1.29 is 0 Å². The van der Waals surface area contributed by atoms with Gasteiger partial charge in [-0.25, -0.2) is 9.78 Å². The summed E-state index contributed by atoms with van der Waals surface area (Å²) in [6.07, 6.45) is 7.08. The third-order valence-electron chi connectivity index (χ3n) is 3.86. The second-order valence-electron chi connectivity index (χ2n) is 5.59. The normalized spacial score (nSPS) is 11.3. The van der Waals surface area contributed by atoms with E-state index in [0.717, 1.165) is 22.5 Å². The lowest BCUT2D eigenvalue weighted by Crippen LogP contribution is -1.95. The number of nitrogens with one attached hydrogen (secondary N) is 1. The van der Waals surface area contributed by atoms with Gasteiger partial charge in [-0.1, -0.05) is 18.2 Å². The van der Waals surface area contributed by atoms with E-state index in [1.165, 1.54) is 0 Å². The average Bonchev–Trinajstić information content (AvgIpc) is 3.24. The van der Waals surface area contributed by atoms with Crippen LogP contribution in [0.2, 0.25) is 0 Å². The molecule has 8 heteroatoms. The van der Waals surface area contributed by atoms with Crippen molar-refractivity contribution in [3.05, 3.63) is 77.1 Å². The van der Waals surface area contributed by atoms with Crippen LogP contribution >= 0.6 is 12.2 Å². The van der Waals surface area contributed by atoms with Crippen LogP contribution in [-0.4, -0.2) is 35.9 Å². The predicted octanol–water partition coefficient (Wildman–Crippen LogP) is 3.38. The van der Waals surface area contributed by atoms with Crippen molar-refractivity contribution in [2.75, 3.05) is 0 Å². The van der Waals surface area contributed by atoms with Gasteiger partial charge < -0.3 is 0 Å². The van der Waals surface area contributed by atoms with Gasteiger partial charge in [0, 0.05) is 29.7 Å². The Balaban J connectivity index is 1.69. The Morgan fingerprint density at radius 3 is 2.65 bits per heavy atom. The van der Waals surface area contributed by atoms with Gasteiger partial charge in [-0.3, -0.25) is 4.98 Å². The van der Waals surface area contributed by atoms with Crippen molar-refractivity contribution in [1.29, 1.82) is 0 Å². The average molecular weight is 361 g/mol. The van der Waals surface area contributed by atoms with E-state index in [0.29, 0.717) is 10.6 Å². The van der Waals surface area contributed by atoms with Gasteiger partial charge in [0.25, 0.3) is 0 Å². The van der Waals surface area contributed by atoms with Crippen molar-refractivity contribution in [1.82, 2.24) is 29.6 Å². The van der Waals surface area contributed by atoms with Gasteiger partial charge >= 0.3 is 0 Å². The zero-order valence-corrected chi connectivity index (χ0v) is 14.8. The van der Waals surface area contributed by atoms with E-state index in [-0.39, 0.29) is 0 Å². The SMILES string of the molecule is Cc1nn(-c2ccccc2)cc1/C=N/n1c(-c2ccncc2)n[nH]c1=S. The zero-order valence-electron chi connectivity index (χ0n) is 13.9. The molecule has 7 nitrogen and oxygen atoms in total. The Bertz CT molecular complexity index is 1110. The van der Waals surface area contributed by atoms with Crippen molar-refractivity contribution in [3.63, 3.8) is 0 Å². The molecule has 0 saturated heterocycles. The lowest BCUT2D eigenvalue weighted by atomic mass is 10.2. The summed E-state index contributed by atoms with van der Waals surface area (Å²) >= 11 is 5.30. The molecule has 4 aromatic rings. The fraction of sp³-hybridized carbons (Fsp3) is 0.0556. The molecular weight excluding hydrogens is 346 g/mol. The van der Waals surface area contributed by atoms with Crippen molar-refractivity contribution >= 4 is 18.4 Å². The first-order chi connectivity index (χ1) is 12.7. The second kappa shape index (κ2) is 6.85. The van der Waals surface area contributed by atoms with E-state index in [9.17, 15) is 0 Å². The minimum Gasteiger partial charge on any atom is -0.265 e. The molecule has 3 aromatic heterocycles. The third kappa shape index (κ3) is 3.09. The van der Waals surface area contributed by atoms with Gasteiger partial charge in [-0.05, 0) is 43.4 Å². The van der Waals surface area contributed by atoms with Gasteiger partial charge in [-0.15, -0.1) is 0 Å². The van der Waals surface area contributed by atoms with E-state index in [1.807, 2.05) is 60.3 Å². The van der Waals surface area contributed by atoms with Gasteiger partial charge in [-0.2, -0.15) is 20.0 Å². The highest BCUT2D eigenvalue weighted by Crippen LogP contribution is 2.16. The zero-order chi connectivity index (χ0) is 17.9. The Labute approximate surface area is 154 Å². The molecule has 0 radical (unpaired) electrons. The Morgan fingerprint density at radius 2 is 1.88 bits per heavy atom. The van der Waals surface area contributed by atoms with Crippen LogP contribution in [0.3, 0.4) is 0 Å². The van der Waals surface area contributed by atoms with Crippen LogP contribution in [0, 0.1) is 11.7 Å². The number of rotatable bonds is 4. The van der Waals surface area contributed by atoms with E-state index in [1.54, 1.807) is 23.3 Å². The molecule has 26 heavy (non-hydrogen) atoms. The minimum atomic E-state index is 0.418. The van der Waals surface area contributed by atoms with Crippen LogP contribution in [0.5, 0.6) is 0 Å². The summed E-state index contributed by atoms with van der Waals surface area (Å²) in [6, 6.07) is 13.6. The Kier molecular flexibility index (Phi) is 4.24. The number of aryl methyl sites for hydroxylation is 1. The molecule has 1 N–H and O–H groups in total. The molecule has 4 rings (SSSR count). The van der Waals surface area contributed by atoms with Crippen LogP contribution in [0.25, 0.3) is 17.1 Å². The van der Waals surface area contributed by atoms with Crippen LogP contribution in [0.1, 0.15) is 11.3 Å². The summed E-state index contributed by atoms with van der Waals surface area (Å²) in [6.45, 7) is 1.94. The molecule has 1 aromatic carbocycles. The Morgan fingerprint density at radius 1 is 1.12 bits per heavy atom. The predicted molar refractivity (Wildman–Crippen MR) is 102 cm³/mol. The molecule has 128 valence electrons. The topological polar surface area (TPSA) is 76.7 Å². The lowest BCUT2D eigenvalue weighted by molar-refractivity contribution is 0.863. The number of hydrogen-bond acceptors (Lipinski definition) is 5. The van der Waals surface area contributed by atoms with Crippen LogP contribution < -0.4 is 0 Å². The highest BCUT2D eigenvalue weighted by atomic mass is 32.1. The summed E-state index contributed by atoms with van der Waals surface area (Å²) < 4.78 is 3.83. The quantitative estimate of drug-likeness (QED) is 0.446. The second-order valence-corrected chi connectivity index (χ2v) is 5.98. The summed E-state index contributed by atoms with van der Waals surface area (Å²) in [7, 11) is 0. The summed E-state index contributed by atoms with van der Waals surface area (Å²) in [5, 5.41) is 16.1. The lowest BCUT2D eigenvalue weighted by Gasteiger charge is -1.99. The molecule has 0 aliphatic carbocycles. The maximum Gasteiger partial charge on any atom is 0.216 e. The first kappa shape index (κ1) is 16.1. The van der Waals surface area contributed by atoms with Gasteiger partial charge in [0.15, 0.2) is 5.82 Å². The number of nitrogens with zero attached hydrogens (tertiary/aromatic N) is 6. The number of H-pyrrole nitrogens is 1. The number of para-hydroxylation sites is 1. The summed E-state index contributed by atoms with van der Waals surface area (Å²) in [4.78, 5) is 4.02. The van der Waals surface area contributed by atoms with E-state index >= 15 is 0 Å². The number of aromatic amines is 1. The van der Waals surface area contributed by atoms with Gasteiger partial charge in [0.05, 0.1) is 17.6 Å². The molecule has 3 heterocycles. The molecule has 0 aliphatic rings. The number of pyridine rings is 1. The van der Waals surface area contributed by atoms with Crippen LogP contribution in [0.4, 0.5) is 0 Å². The highest BCUT2D eigenvalue weighted by Gasteiger charge is 2.09. The standard InChI is InChI=1S/C18H15N7S/c1-13-15(12-24(23-13)16-5-3-2-4-6-16)11-20-25-17(21-22-18(25)26)14-7-9-19-10-8-14/h2-12H,1H3,(H,22,26)/b20-11+. The molecule has 0 spiro atoms. The number of aromatic nitrogens is 6. The van der Waals surface area contributed by atoms with Crippen molar-refractivity contribution in [2.24, 2.45) is 5.10 Å². The molecule has 0 saturated carbocycles. The maximum absolute atomic E-state index is 5.30. The molecule has 0 amide bonds. The van der Waals surface area contributed by atoms with Gasteiger partial charge in [0.2, 0.25) is 4.77 Å². The van der Waals surface area contributed by atoms with Crippen molar-refractivity contribution in [3.8, 4) is 17.1 Å². The molecular formula is C18H15N7S. The van der Waals surface area contributed by atoms with Crippen LogP contribution in [0.15, 0.2) is 66.2 Å². The molecule has 0 fully saturated rings. The fourth-order valence-electron chi connectivity index (χ4n) is 2.52. The Hall–Kier alpha value is -3.39. The molecule has 0 aliphatic heterocycles. The van der Waals surface area contributed by atoms with E-state index < -0.39 is 0 Å². The van der Waals surface area contributed by atoms with Gasteiger partial charge in [0.1, 0.15) is 0 Å². The van der Waals surface area contributed by atoms with E-state index in [2.05, 4.69) is 25.4 Å². The van der Waals surface area contributed by atoms with E-state index in [4.69, 9.17) is 12.2 Å². The smallest absolute Gasteiger partial charge is 0.216 e. The largest absolute Gasteiger partial charge is 0.265 e. The number of hydrogen-bond donors (Lipinski definition) is 1. The number of benzene rings is 1.